The van der Waals surface area contributed by atoms with E-state index in [1.807, 2.05) is 17.0 Å². The van der Waals surface area contributed by atoms with Crippen LogP contribution in [-0.2, 0) is 22.7 Å². The number of likely N-dealkylation sites (tertiary alicyclic amines) is 1. The first kappa shape index (κ1) is 39.9. The van der Waals surface area contributed by atoms with Gasteiger partial charge in [0.1, 0.15) is 11.4 Å². The van der Waals surface area contributed by atoms with E-state index in [1.54, 1.807) is 56.8 Å². The van der Waals surface area contributed by atoms with Gasteiger partial charge < -0.3 is 35.4 Å². The Morgan fingerprint density at radius 1 is 0.855 bits per heavy atom. The van der Waals surface area contributed by atoms with Crippen LogP contribution in [0.4, 0.5) is 5.69 Å². The zero-order valence-corrected chi connectivity index (χ0v) is 32.5. The van der Waals surface area contributed by atoms with E-state index in [4.69, 9.17) is 37.7 Å². The van der Waals surface area contributed by atoms with Gasteiger partial charge in [-0.1, -0.05) is 41.4 Å². The first-order chi connectivity index (χ1) is 26.6. The SMILES string of the molecule is COc1cc(C(=O)Nc2cccc(-c3nccc(-c4ccc(CNC5CCN(C(C)=O)CC5)c(OC)n4)c3Cl)c2Cl)ncc1CNC1CCC(C(=O)O)CC1. The Balaban J connectivity index is 1.13. The summed E-state index contributed by atoms with van der Waals surface area (Å²) in [5, 5.41) is 19.7. The number of aromatic nitrogens is 3. The Kier molecular flexibility index (Phi) is 13.2. The number of carbonyl (C=O) groups excluding carboxylic acids is 2. The fraction of sp³-hybridized carbons (Fsp3) is 0.400. The van der Waals surface area contributed by atoms with Gasteiger partial charge in [0.25, 0.3) is 5.91 Å². The van der Waals surface area contributed by atoms with Crippen LogP contribution >= 0.6 is 23.2 Å². The number of amides is 2. The highest BCUT2D eigenvalue weighted by Crippen LogP contribution is 2.40. The third kappa shape index (κ3) is 9.53. The molecule has 1 aromatic carbocycles. The number of nitrogens with one attached hydrogen (secondary N) is 3. The fourth-order valence-corrected chi connectivity index (χ4v) is 7.69. The molecule has 3 aromatic heterocycles. The van der Waals surface area contributed by atoms with E-state index in [-0.39, 0.29) is 28.6 Å². The second-order valence-corrected chi connectivity index (χ2v) is 14.6. The van der Waals surface area contributed by atoms with Crippen molar-refractivity contribution in [3.05, 3.63) is 81.7 Å². The summed E-state index contributed by atoms with van der Waals surface area (Å²) in [5.41, 5.74) is 4.31. The molecule has 0 bridgehead atoms. The Hall–Kier alpha value is -4.82. The molecule has 1 aliphatic carbocycles. The van der Waals surface area contributed by atoms with Crippen molar-refractivity contribution in [1.29, 1.82) is 0 Å². The van der Waals surface area contributed by atoms with Gasteiger partial charge in [-0.3, -0.25) is 24.4 Å². The third-order valence-corrected chi connectivity index (χ3v) is 11.2. The Morgan fingerprint density at radius 2 is 1.56 bits per heavy atom. The molecule has 0 radical (unpaired) electrons. The third-order valence-electron chi connectivity index (χ3n) is 10.4. The van der Waals surface area contributed by atoms with Gasteiger partial charge in [-0.15, -0.1) is 0 Å². The minimum absolute atomic E-state index is 0.108. The quantitative estimate of drug-likeness (QED) is 0.115. The van der Waals surface area contributed by atoms with Crippen molar-refractivity contribution in [2.45, 2.75) is 70.6 Å². The van der Waals surface area contributed by atoms with Gasteiger partial charge in [0.05, 0.1) is 47.3 Å². The van der Waals surface area contributed by atoms with E-state index < -0.39 is 11.9 Å². The lowest BCUT2D eigenvalue weighted by atomic mass is 9.86. The molecule has 55 heavy (non-hydrogen) atoms. The lowest BCUT2D eigenvalue weighted by Crippen LogP contribution is -2.44. The average Bonchev–Trinajstić information content (AvgIpc) is 3.20. The summed E-state index contributed by atoms with van der Waals surface area (Å²) in [6.45, 7) is 4.11. The fourth-order valence-electron chi connectivity index (χ4n) is 7.12. The molecule has 0 atom stereocenters. The topological polar surface area (TPSA) is 168 Å². The van der Waals surface area contributed by atoms with E-state index in [9.17, 15) is 19.5 Å². The summed E-state index contributed by atoms with van der Waals surface area (Å²) in [4.78, 5) is 52.0. The number of hydrogen-bond acceptors (Lipinski definition) is 10. The number of halogens is 2. The first-order valence-electron chi connectivity index (χ1n) is 18.3. The maximum Gasteiger partial charge on any atom is 0.306 e. The number of nitrogens with zero attached hydrogens (tertiary/aromatic N) is 4. The van der Waals surface area contributed by atoms with Gasteiger partial charge in [-0.25, -0.2) is 4.98 Å². The molecular formula is C40H45Cl2N7O6. The summed E-state index contributed by atoms with van der Waals surface area (Å²) in [5.74, 6) is -0.421. The number of ether oxygens (including phenoxy) is 2. The van der Waals surface area contributed by atoms with Gasteiger partial charge >= 0.3 is 5.97 Å². The summed E-state index contributed by atoms with van der Waals surface area (Å²) < 4.78 is 11.3. The second kappa shape index (κ2) is 18.2. The number of carboxylic acids is 1. The molecule has 1 saturated carbocycles. The molecule has 15 heteroatoms. The number of aliphatic carboxylic acids is 1. The van der Waals surface area contributed by atoms with Crippen LogP contribution < -0.4 is 25.4 Å². The highest BCUT2D eigenvalue weighted by atomic mass is 35.5. The molecule has 6 rings (SSSR count). The lowest BCUT2D eigenvalue weighted by Gasteiger charge is -2.31. The number of anilines is 1. The van der Waals surface area contributed by atoms with Crippen LogP contribution in [0.25, 0.3) is 22.5 Å². The standard InChI is InChI=1S/C40H45Cl2N7O6/c1-23(50)49-17-14-28(15-18-49)44-20-25-9-12-31(48-39(25)55-3)29-13-16-43-37(36(29)42)30-5-4-6-32(35(30)41)47-38(51)33-19-34(54-2)26(22-46-33)21-45-27-10-7-24(8-11-27)40(52)53/h4-6,9,12-13,16,19,22,24,27-28,44-45H,7-8,10-11,14-15,17-18,20-21H2,1-3H3,(H,47,51)(H,52,53). The monoisotopic (exact) mass is 789 g/mol. The number of rotatable bonds is 13. The van der Waals surface area contributed by atoms with Crippen molar-refractivity contribution >= 4 is 46.7 Å². The van der Waals surface area contributed by atoms with Crippen molar-refractivity contribution in [2.75, 3.05) is 32.6 Å². The average molecular weight is 791 g/mol. The molecule has 2 fully saturated rings. The molecule has 0 spiro atoms. The first-order valence-corrected chi connectivity index (χ1v) is 19.1. The molecular weight excluding hydrogens is 745 g/mol. The molecule has 290 valence electrons. The van der Waals surface area contributed by atoms with Crippen molar-refractivity contribution in [3.63, 3.8) is 0 Å². The molecule has 13 nitrogen and oxygen atoms in total. The van der Waals surface area contributed by atoms with Gasteiger partial charge in [0, 0.05) is 85.9 Å². The van der Waals surface area contributed by atoms with E-state index >= 15 is 0 Å². The maximum absolute atomic E-state index is 13.4. The second-order valence-electron chi connectivity index (χ2n) is 13.8. The molecule has 1 aliphatic heterocycles. The van der Waals surface area contributed by atoms with Crippen LogP contribution in [0.5, 0.6) is 11.6 Å². The van der Waals surface area contributed by atoms with Crippen LogP contribution in [0, 0.1) is 5.92 Å². The van der Waals surface area contributed by atoms with Gasteiger partial charge in [-0.05, 0) is 56.7 Å². The summed E-state index contributed by atoms with van der Waals surface area (Å²) >= 11 is 13.9. The lowest BCUT2D eigenvalue weighted by molar-refractivity contribution is -0.142. The Bertz CT molecular complexity index is 2030. The number of pyridine rings is 3. The van der Waals surface area contributed by atoms with Crippen LogP contribution in [0.1, 0.15) is 67.1 Å². The number of methoxy groups -OCH3 is 2. The van der Waals surface area contributed by atoms with Crippen molar-refractivity contribution in [2.24, 2.45) is 5.92 Å². The molecule has 4 N–H and O–H groups in total. The number of benzene rings is 1. The predicted molar refractivity (Wildman–Crippen MR) is 211 cm³/mol. The minimum atomic E-state index is -0.734. The number of carbonyl (C=O) groups is 3. The maximum atomic E-state index is 13.4. The van der Waals surface area contributed by atoms with E-state index in [1.165, 1.54) is 7.11 Å². The minimum Gasteiger partial charge on any atom is -0.496 e. The Labute approximate surface area is 330 Å². The van der Waals surface area contributed by atoms with Crippen LogP contribution in [0.2, 0.25) is 10.0 Å². The summed E-state index contributed by atoms with van der Waals surface area (Å²) in [6, 6.07) is 12.9. The molecule has 0 unspecified atom stereocenters. The van der Waals surface area contributed by atoms with Crippen molar-refractivity contribution in [1.82, 2.24) is 30.5 Å². The van der Waals surface area contributed by atoms with Crippen LogP contribution in [-0.4, -0.2) is 82.1 Å². The van der Waals surface area contributed by atoms with Crippen LogP contribution in [0.15, 0.2) is 54.9 Å². The highest BCUT2D eigenvalue weighted by molar-refractivity contribution is 6.39. The number of carboxylic acid groups (broad SMARTS) is 1. The predicted octanol–water partition coefficient (Wildman–Crippen LogP) is 6.62. The normalized spacial score (nSPS) is 17.4. The molecule has 2 aliphatic rings. The van der Waals surface area contributed by atoms with E-state index in [0.717, 1.165) is 49.9 Å². The van der Waals surface area contributed by atoms with Crippen LogP contribution in [0.3, 0.4) is 0 Å². The molecule has 2 amide bonds. The molecule has 4 heterocycles. The summed E-state index contributed by atoms with van der Waals surface area (Å²) in [6.07, 6.45) is 7.84. The zero-order chi connectivity index (χ0) is 39.1. The number of hydrogen-bond donors (Lipinski definition) is 4. The Morgan fingerprint density at radius 3 is 2.24 bits per heavy atom. The van der Waals surface area contributed by atoms with Gasteiger partial charge in [0.2, 0.25) is 11.8 Å². The van der Waals surface area contributed by atoms with E-state index in [0.29, 0.717) is 76.8 Å². The van der Waals surface area contributed by atoms with Gasteiger partial charge in [0.15, 0.2) is 0 Å². The largest absolute Gasteiger partial charge is 0.496 e. The number of piperidine rings is 1. The molecule has 4 aromatic rings. The van der Waals surface area contributed by atoms with E-state index in [2.05, 4.69) is 25.9 Å². The highest BCUT2D eigenvalue weighted by Gasteiger charge is 2.26. The zero-order valence-electron chi connectivity index (χ0n) is 31.0. The summed E-state index contributed by atoms with van der Waals surface area (Å²) in [7, 11) is 3.11. The van der Waals surface area contributed by atoms with Gasteiger partial charge in [-0.2, -0.15) is 0 Å². The smallest absolute Gasteiger partial charge is 0.306 e. The van der Waals surface area contributed by atoms with Crippen molar-refractivity contribution < 1.29 is 29.0 Å². The molecule has 1 saturated heterocycles. The van der Waals surface area contributed by atoms with Crippen molar-refractivity contribution in [3.8, 4) is 34.1 Å².